The number of hydrogen-bond acceptors (Lipinski definition) is 4. The van der Waals surface area contributed by atoms with E-state index in [1.807, 2.05) is 0 Å². The summed E-state index contributed by atoms with van der Waals surface area (Å²) in [5, 5.41) is 2.82. The maximum atomic E-state index is 12.3. The maximum absolute atomic E-state index is 12.3. The second kappa shape index (κ2) is 8.41. The minimum absolute atomic E-state index is 0.00528. The fourth-order valence-electron chi connectivity index (χ4n) is 4.31. The zero-order valence-corrected chi connectivity index (χ0v) is 16.8. The number of thioether (sulfide) groups is 1. The summed E-state index contributed by atoms with van der Waals surface area (Å²) in [6.45, 7) is 8.21. The zero-order chi connectivity index (χ0) is 17.8. The minimum Gasteiger partial charge on any atom is -0.355 e. The van der Waals surface area contributed by atoms with Gasteiger partial charge in [-0.15, -0.1) is 0 Å². The Kier molecular flexibility index (Phi) is 7.02. The van der Waals surface area contributed by atoms with Crippen molar-refractivity contribution in [2.75, 3.05) is 36.9 Å². The van der Waals surface area contributed by atoms with Crippen molar-refractivity contribution in [3.05, 3.63) is 0 Å². The minimum atomic E-state index is -3.23. The van der Waals surface area contributed by atoms with Gasteiger partial charge in [0.2, 0.25) is 15.9 Å². The first kappa shape index (κ1) is 20.0. The summed E-state index contributed by atoms with van der Waals surface area (Å²) in [7, 11) is -3.23. The van der Waals surface area contributed by atoms with E-state index in [-0.39, 0.29) is 18.2 Å². The van der Waals surface area contributed by atoms with E-state index in [1.54, 1.807) is 16.1 Å². The average Bonchev–Trinajstić information content (AvgIpc) is 2.45. The molecule has 0 spiro atoms. The second-order valence-electron chi connectivity index (χ2n) is 8.16. The fourth-order valence-corrected chi connectivity index (χ4v) is 6.80. The van der Waals surface area contributed by atoms with Gasteiger partial charge < -0.3 is 5.32 Å². The molecule has 2 aliphatic rings. The molecule has 2 rings (SSSR count). The van der Waals surface area contributed by atoms with Gasteiger partial charge in [0.15, 0.2) is 0 Å². The third-order valence-electron chi connectivity index (χ3n) is 5.00. The molecule has 5 nitrogen and oxygen atoms in total. The molecule has 2 atom stereocenters. The Bertz CT molecular complexity index is 528. The molecule has 0 bridgehead atoms. The highest BCUT2D eigenvalue weighted by Crippen LogP contribution is 2.42. The van der Waals surface area contributed by atoms with E-state index in [0.29, 0.717) is 36.8 Å². The van der Waals surface area contributed by atoms with Crippen LogP contribution in [0.15, 0.2) is 0 Å². The summed E-state index contributed by atoms with van der Waals surface area (Å²) in [4.78, 5) is 12.2. The van der Waals surface area contributed by atoms with Gasteiger partial charge in [-0.1, -0.05) is 20.8 Å². The first-order chi connectivity index (χ1) is 11.2. The predicted octanol–water partition coefficient (Wildman–Crippen LogP) is 2.33. The van der Waals surface area contributed by atoms with E-state index in [9.17, 15) is 13.2 Å². The topological polar surface area (TPSA) is 66.5 Å². The van der Waals surface area contributed by atoms with Crippen LogP contribution in [0.4, 0.5) is 0 Å². The van der Waals surface area contributed by atoms with Crippen LogP contribution in [-0.4, -0.2) is 55.5 Å². The Morgan fingerprint density at radius 1 is 1.25 bits per heavy atom. The summed E-state index contributed by atoms with van der Waals surface area (Å²) in [6, 6.07) is 0. The van der Waals surface area contributed by atoms with Gasteiger partial charge in [-0.3, -0.25) is 4.79 Å². The van der Waals surface area contributed by atoms with Crippen molar-refractivity contribution in [3.63, 3.8) is 0 Å². The van der Waals surface area contributed by atoms with Crippen LogP contribution in [0.2, 0.25) is 0 Å². The molecule has 7 heteroatoms. The van der Waals surface area contributed by atoms with Crippen molar-refractivity contribution in [2.45, 2.75) is 46.5 Å². The maximum Gasteiger partial charge on any atom is 0.220 e. The van der Waals surface area contributed by atoms with Crippen molar-refractivity contribution < 1.29 is 13.2 Å². The molecule has 2 fully saturated rings. The van der Waals surface area contributed by atoms with Gasteiger partial charge in [0.25, 0.3) is 0 Å². The summed E-state index contributed by atoms with van der Waals surface area (Å²) in [5.41, 5.74) is 0.304. The highest BCUT2D eigenvalue weighted by molar-refractivity contribution is 7.99. The molecule has 1 saturated heterocycles. The number of sulfonamides is 1. The lowest BCUT2D eigenvalue weighted by molar-refractivity contribution is -0.122. The quantitative estimate of drug-likeness (QED) is 0.773. The Balaban J connectivity index is 1.73. The Morgan fingerprint density at radius 3 is 2.54 bits per heavy atom. The lowest BCUT2D eigenvalue weighted by Gasteiger charge is -2.38. The number of hydrogen-bond donors (Lipinski definition) is 1. The molecule has 1 amide bonds. The van der Waals surface area contributed by atoms with Crippen LogP contribution in [0.5, 0.6) is 0 Å². The lowest BCUT2D eigenvalue weighted by atomic mass is 9.67. The molecule has 0 aromatic carbocycles. The molecule has 140 valence electrons. The lowest BCUT2D eigenvalue weighted by Crippen LogP contribution is -2.42. The van der Waals surface area contributed by atoms with Crippen LogP contribution in [0, 0.1) is 17.3 Å². The molecule has 1 heterocycles. The fraction of sp³-hybridized carbons (Fsp3) is 0.941. The van der Waals surface area contributed by atoms with Gasteiger partial charge in [0.05, 0.1) is 5.75 Å². The van der Waals surface area contributed by atoms with Gasteiger partial charge in [0, 0.05) is 37.6 Å². The molecule has 0 radical (unpaired) electrons. The van der Waals surface area contributed by atoms with Crippen LogP contribution in [0.25, 0.3) is 0 Å². The summed E-state index contributed by atoms with van der Waals surface area (Å²) < 4.78 is 26.1. The van der Waals surface area contributed by atoms with Gasteiger partial charge in [-0.05, 0) is 36.5 Å². The number of carbonyl (C=O) groups excluding carboxylic acids is 1. The number of nitrogens with one attached hydrogen (secondary N) is 1. The van der Waals surface area contributed by atoms with E-state index >= 15 is 0 Å². The first-order valence-corrected chi connectivity index (χ1v) is 11.8. The summed E-state index contributed by atoms with van der Waals surface area (Å²) >= 11 is 1.79. The largest absolute Gasteiger partial charge is 0.355 e. The van der Waals surface area contributed by atoms with Crippen molar-refractivity contribution in [1.82, 2.24) is 9.62 Å². The van der Waals surface area contributed by atoms with Crippen LogP contribution in [0.1, 0.15) is 46.5 Å². The number of rotatable bonds is 6. The van der Waals surface area contributed by atoms with Crippen LogP contribution in [-0.2, 0) is 14.8 Å². The molecule has 1 N–H and O–H groups in total. The summed E-state index contributed by atoms with van der Waals surface area (Å²) in [6.07, 6.45) is 3.92. The molecule has 2 unspecified atom stereocenters. The zero-order valence-electron chi connectivity index (χ0n) is 15.2. The third kappa shape index (κ3) is 6.23. The standard InChI is InChI=1S/C17H32N2O3S2/c1-14-10-15(13-17(2,3)12-14)11-16(20)18-4-9-24(21,22)19-5-7-23-8-6-19/h14-15H,4-13H2,1-3H3,(H,18,20). The van der Waals surface area contributed by atoms with Crippen molar-refractivity contribution >= 4 is 27.7 Å². The van der Waals surface area contributed by atoms with Gasteiger partial charge in [-0.25, -0.2) is 12.7 Å². The van der Waals surface area contributed by atoms with E-state index in [0.717, 1.165) is 24.3 Å². The van der Waals surface area contributed by atoms with Crippen LogP contribution in [0.3, 0.4) is 0 Å². The highest BCUT2D eigenvalue weighted by Gasteiger charge is 2.33. The Hall–Kier alpha value is -0.270. The van der Waals surface area contributed by atoms with E-state index in [4.69, 9.17) is 0 Å². The first-order valence-electron chi connectivity index (χ1n) is 9.00. The molecule has 0 aromatic rings. The molecular weight excluding hydrogens is 344 g/mol. The van der Waals surface area contributed by atoms with E-state index in [1.165, 1.54) is 6.42 Å². The SMILES string of the molecule is CC1CC(CC(=O)NCCS(=O)(=O)N2CCSCC2)CC(C)(C)C1. The highest BCUT2D eigenvalue weighted by atomic mass is 32.2. The Morgan fingerprint density at radius 2 is 1.92 bits per heavy atom. The number of nitrogens with zero attached hydrogens (tertiary/aromatic N) is 1. The number of amides is 1. The van der Waals surface area contributed by atoms with E-state index < -0.39 is 10.0 Å². The van der Waals surface area contributed by atoms with Gasteiger partial charge >= 0.3 is 0 Å². The molecular formula is C17H32N2O3S2. The van der Waals surface area contributed by atoms with Crippen molar-refractivity contribution in [2.24, 2.45) is 17.3 Å². The molecule has 0 aromatic heterocycles. The van der Waals surface area contributed by atoms with Crippen LogP contribution < -0.4 is 5.32 Å². The third-order valence-corrected chi connectivity index (χ3v) is 7.81. The van der Waals surface area contributed by atoms with Crippen LogP contribution >= 0.6 is 11.8 Å². The molecule has 24 heavy (non-hydrogen) atoms. The van der Waals surface area contributed by atoms with Gasteiger partial charge in [-0.2, -0.15) is 11.8 Å². The van der Waals surface area contributed by atoms with Crippen molar-refractivity contribution in [1.29, 1.82) is 0 Å². The monoisotopic (exact) mass is 376 g/mol. The predicted molar refractivity (Wildman–Crippen MR) is 101 cm³/mol. The number of carbonyl (C=O) groups is 1. The Labute approximate surface area is 151 Å². The van der Waals surface area contributed by atoms with E-state index in [2.05, 4.69) is 26.1 Å². The average molecular weight is 377 g/mol. The summed E-state index contributed by atoms with van der Waals surface area (Å²) in [5.74, 6) is 2.80. The smallest absolute Gasteiger partial charge is 0.220 e. The van der Waals surface area contributed by atoms with Gasteiger partial charge in [0.1, 0.15) is 0 Å². The normalized spacial score (nSPS) is 28.5. The molecule has 1 aliphatic carbocycles. The second-order valence-corrected chi connectivity index (χ2v) is 11.5. The van der Waals surface area contributed by atoms with Crippen molar-refractivity contribution in [3.8, 4) is 0 Å². The molecule has 1 saturated carbocycles. The molecule has 1 aliphatic heterocycles.